The second-order valence-corrected chi connectivity index (χ2v) is 5.59. The van der Waals surface area contributed by atoms with Crippen LogP contribution < -0.4 is 10.5 Å². The maximum Gasteiger partial charge on any atom is 0.143 e. The number of aromatic nitrogens is 1. The highest BCUT2D eigenvalue weighted by atomic mass is 16.5. The molecule has 0 spiro atoms. The third-order valence-electron chi connectivity index (χ3n) is 3.31. The van der Waals surface area contributed by atoms with Crippen LogP contribution in [0, 0.1) is 5.92 Å². The summed E-state index contributed by atoms with van der Waals surface area (Å²) in [5.41, 5.74) is 7.99. The van der Waals surface area contributed by atoms with Crippen LogP contribution in [-0.4, -0.2) is 17.6 Å². The van der Waals surface area contributed by atoms with E-state index in [1.165, 1.54) is 10.9 Å². The molecule has 0 fully saturated rings. The minimum atomic E-state index is 0.229. The van der Waals surface area contributed by atoms with Crippen LogP contribution in [0.5, 0.6) is 5.75 Å². The lowest BCUT2D eigenvalue weighted by Gasteiger charge is -2.17. The van der Waals surface area contributed by atoms with Crippen molar-refractivity contribution in [2.24, 2.45) is 11.7 Å². The van der Waals surface area contributed by atoms with Gasteiger partial charge in [-0.1, -0.05) is 26.0 Å². The Morgan fingerprint density at radius 2 is 2.05 bits per heavy atom. The SMILES string of the molecule is CC(C)CC(C)Oc1cccc2c(CCN)c[nH]c12. The second-order valence-electron chi connectivity index (χ2n) is 5.59. The molecule has 1 atom stereocenters. The Labute approximate surface area is 115 Å². The van der Waals surface area contributed by atoms with Gasteiger partial charge in [0.25, 0.3) is 0 Å². The van der Waals surface area contributed by atoms with Gasteiger partial charge in [-0.15, -0.1) is 0 Å². The fraction of sp³-hybridized carbons (Fsp3) is 0.500. The number of fused-ring (bicyclic) bond motifs is 1. The molecule has 1 aromatic heterocycles. The summed E-state index contributed by atoms with van der Waals surface area (Å²) in [6.45, 7) is 7.23. The molecule has 3 N–H and O–H groups in total. The molecule has 19 heavy (non-hydrogen) atoms. The van der Waals surface area contributed by atoms with E-state index in [9.17, 15) is 0 Å². The minimum Gasteiger partial charge on any atom is -0.489 e. The molecule has 3 nitrogen and oxygen atoms in total. The first-order chi connectivity index (χ1) is 9.11. The van der Waals surface area contributed by atoms with Gasteiger partial charge in [0.05, 0.1) is 11.6 Å². The molecule has 104 valence electrons. The number of aromatic amines is 1. The van der Waals surface area contributed by atoms with Gasteiger partial charge in [0.15, 0.2) is 0 Å². The summed E-state index contributed by atoms with van der Waals surface area (Å²) < 4.78 is 6.07. The Morgan fingerprint density at radius 3 is 2.74 bits per heavy atom. The number of nitrogens with one attached hydrogen (secondary N) is 1. The molecule has 0 saturated carbocycles. The van der Waals surface area contributed by atoms with Crippen LogP contribution in [-0.2, 0) is 6.42 Å². The van der Waals surface area contributed by atoms with Crippen molar-refractivity contribution in [1.82, 2.24) is 4.98 Å². The van der Waals surface area contributed by atoms with E-state index in [-0.39, 0.29) is 6.10 Å². The van der Waals surface area contributed by atoms with Gasteiger partial charge in [-0.25, -0.2) is 0 Å². The van der Waals surface area contributed by atoms with E-state index in [1.54, 1.807) is 0 Å². The molecule has 1 unspecified atom stereocenters. The summed E-state index contributed by atoms with van der Waals surface area (Å²) in [6.07, 6.45) is 4.22. The number of rotatable bonds is 6. The largest absolute Gasteiger partial charge is 0.489 e. The maximum atomic E-state index is 6.07. The van der Waals surface area contributed by atoms with E-state index in [1.807, 2.05) is 18.3 Å². The topological polar surface area (TPSA) is 51.0 Å². The van der Waals surface area contributed by atoms with E-state index >= 15 is 0 Å². The van der Waals surface area contributed by atoms with Crippen molar-refractivity contribution < 1.29 is 4.74 Å². The van der Waals surface area contributed by atoms with Crippen molar-refractivity contribution in [2.75, 3.05) is 6.54 Å². The van der Waals surface area contributed by atoms with Crippen LogP contribution in [0.2, 0.25) is 0 Å². The Bertz CT molecular complexity index is 531. The lowest BCUT2D eigenvalue weighted by Crippen LogP contribution is -2.14. The van der Waals surface area contributed by atoms with Gasteiger partial charge >= 0.3 is 0 Å². The van der Waals surface area contributed by atoms with Crippen molar-refractivity contribution in [2.45, 2.75) is 39.7 Å². The highest BCUT2D eigenvalue weighted by Gasteiger charge is 2.11. The van der Waals surface area contributed by atoms with Crippen molar-refractivity contribution >= 4 is 10.9 Å². The van der Waals surface area contributed by atoms with Crippen LogP contribution in [0.3, 0.4) is 0 Å². The van der Waals surface area contributed by atoms with Crippen molar-refractivity contribution in [3.8, 4) is 5.75 Å². The zero-order valence-electron chi connectivity index (χ0n) is 12.1. The lowest BCUT2D eigenvalue weighted by atomic mass is 10.1. The molecule has 0 bridgehead atoms. The number of H-pyrrole nitrogens is 1. The Balaban J connectivity index is 2.24. The van der Waals surface area contributed by atoms with Gasteiger partial charge in [0.1, 0.15) is 5.75 Å². The number of para-hydroxylation sites is 1. The van der Waals surface area contributed by atoms with E-state index in [0.29, 0.717) is 12.5 Å². The Hall–Kier alpha value is -1.48. The lowest BCUT2D eigenvalue weighted by molar-refractivity contribution is 0.195. The van der Waals surface area contributed by atoms with Gasteiger partial charge < -0.3 is 15.5 Å². The number of nitrogens with two attached hydrogens (primary N) is 1. The normalized spacial score (nSPS) is 13.1. The molecule has 3 heteroatoms. The predicted octanol–water partition coefficient (Wildman–Crippen LogP) is 3.48. The Morgan fingerprint density at radius 1 is 1.26 bits per heavy atom. The average Bonchev–Trinajstić information content (AvgIpc) is 2.73. The number of hydrogen-bond acceptors (Lipinski definition) is 2. The molecule has 0 aliphatic carbocycles. The third-order valence-corrected chi connectivity index (χ3v) is 3.31. The van der Waals surface area contributed by atoms with Crippen LogP contribution in [0.15, 0.2) is 24.4 Å². The van der Waals surface area contributed by atoms with Gasteiger partial charge in [0.2, 0.25) is 0 Å². The van der Waals surface area contributed by atoms with Crippen LogP contribution in [0.4, 0.5) is 0 Å². The monoisotopic (exact) mass is 260 g/mol. The molecular weight excluding hydrogens is 236 g/mol. The molecule has 0 radical (unpaired) electrons. The molecule has 0 aliphatic heterocycles. The van der Waals surface area contributed by atoms with E-state index < -0.39 is 0 Å². The van der Waals surface area contributed by atoms with Crippen LogP contribution >= 0.6 is 0 Å². The number of ether oxygens (including phenoxy) is 1. The first kappa shape index (κ1) is 13.9. The van der Waals surface area contributed by atoms with Gasteiger partial charge in [-0.3, -0.25) is 0 Å². The molecular formula is C16H24N2O. The van der Waals surface area contributed by atoms with Crippen LogP contribution in [0.1, 0.15) is 32.8 Å². The van der Waals surface area contributed by atoms with Gasteiger partial charge in [0, 0.05) is 11.6 Å². The summed E-state index contributed by atoms with van der Waals surface area (Å²) in [5, 5.41) is 1.22. The molecule has 1 aromatic carbocycles. The van der Waals surface area contributed by atoms with E-state index in [0.717, 1.165) is 24.1 Å². The molecule has 1 heterocycles. The first-order valence-electron chi connectivity index (χ1n) is 7.07. The summed E-state index contributed by atoms with van der Waals surface area (Å²) >= 11 is 0. The average molecular weight is 260 g/mol. The molecule has 0 saturated heterocycles. The summed E-state index contributed by atoms with van der Waals surface area (Å²) in [4.78, 5) is 3.32. The Kier molecular flexibility index (Phi) is 4.48. The fourth-order valence-electron chi connectivity index (χ4n) is 2.57. The van der Waals surface area contributed by atoms with Crippen molar-refractivity contribution in [1.29, 1.82) is 0 Å². The molecule has 2 aromatic rings. The predicted molar refractivity (Wildman–Crippen MR) is 80.6 cm³/mol. The molecule has 2 rings (SSSR count). The first-order valence-corrected chi connectivity index (χ1v) is 7.07. The van der Waals surface area contributed by atoms with Gasteiger partial charge in [-0.05, 0) is 43.9 Å². The highest BCUT2D eigenvalue weighted by Crippen LogP contribution is 2.28. The highest BCUT2D eigenvalue weighted by molar-refractivity contribution is 5.88. The standard InChI is InChI=1S/C16H24N2O/c1-11(2)9-12(3)19-15-6-4-5-14-13(7-8-17)10-18-16(14)15/h4-6,10-12,18H,7-9,17H2,1-3H3. The summed E-state index contributed by atoms with van der Waals surface area (Å²) in [5.74, 6) is 1.58. The smallest absolute Gasteiger partial charge is 0.143 e. The summed E-state index contributed by atoms with van der Waals surface area (Å²) in [7, 11) is 0. The van der Waals surface area contributed by atoms with E-state index in [4.69, 9.17) is 10.5 Å². The number of benzene rings is 1. The van der Waals surface area contributed by atoms with E-state index in [2.05, 4.69) is 31.8 Å². The zero-order chi connectivity index (χ0) is 13.8. The van der Waals surface area contributed by atoms with Gasteiger partial charge in [-0.2, -0.15) is 0 Å². The van der Waals surface area contributed by atoms with Crippen molar-refractivity contribution in [3.63, 3.8) is 0 Å². The van der Waals surface area contributed by atoms with Crippen LogP contribution in [0.25, 0.3) is 10.9 Å². The third kappa shape index (κ3) is 3.29. The summed E-state index contributed by atoms with van der Waals surface area (Å²) in [6, 6.07) is 6.20. The number of hydrogen-bond donors (Lipinski definition) is 2. The molecule has 0 amide bonds. The quantitative estimate of drug-likeness (QED) is 0.835. The fourth-order valence-corrected chi connectivity index (χ4v) is 2.57. The maximum absolute atomic E-state index is 6.07. The second kappa shape index (κ2) is 6.11. The molecule has 0 aliphatic rings. The minimum absolute atomic E-state index is 0.229. The zero-order valence-corrected chi connectivity index (χ0v) is 12.1. The van der Waals surface area contributed by atoms with Crippen molar-refractivity contribution in [3.05, 3.63) is 30.0 Å².